The predicted molar refractivity (Wildman–Crippen MR) is 123 cm³/mol. The summed E-state index contributed by atoms with van der Waals surface area (Å²) in [6.45, 7) is 0. The van der Waals surface area contributed by atoms with Gasteiger partial charge in [0, 0.05) is 30.8 Å². The Bertz CT molecular complexity index is 1450. The maximum atomic E-state index is 6.49. The van der Waals surface area contributed by atoms with Crippen molar-refractivity contribution < 1.29 is 4.74 Å². The molecule has 0 saturated heterocycles. The van der Waals surface area contributed by atoms with Gasteiger partial charge in [0.2, 0.25) is 0 Å². The van der Waals surface area contributed by atoms with E-state index in [-0.39, 0.29) is 0 Å². The van der Waals surface area contributed by atoms with Gasteiger partial charge in [-0.05, 0) is 30.3 Å². The minimum Gasteiger partial charge on any atom is -0.456 e. The molecule has 0 bridgehead atoms. The quantitative estimate of drug-likeness (QED) is 0.305. The van der Waals surface area contributed by atoms with Crippen LogP contribution in [0.25, 0.3) is 21.9 Å². The van der Waals surface area contributed by atoms with Gasteiger partial charge in [-0.3, -0.25) is 4.68 Å². The largest absolute Gasteiger partial charge is 0.456 e. The van der Waals surface area contributed by atoms with Crippen LogP contribution in [0.3, 0.4) is 0 Å². The summed E-state index contributed by atoms with van der Waals surface area (Å²) in [4.78, 5) is 12.7. The van der Waals surface area contributed by atoms with Crippen LogP contribution in [-0.4, -0.2) is 24.7 Å². The number of nitrogens with zero attached hydrogens (tertiary/aromatic N) is 5. The summed E-state index contributed by atoms with van der Waals surface area (Å²) in [7, 11) is 1.87. The molecule has 3 heterocycles. The second kappa shape index (κ2) is 7.85. The van der Waals surface area contributed by atoms with Crippen molar-refractivity contribution in [1.82, 2.24) is 24.7 Å². The monoisotopic (exact) mass is 470 g/mol. The molecule has 0 unspecified atom stereocenters. The van der Waals surface area contributed by atoms with Crippen LogP contribution in [-0.2, 0) is 7.05 Å². The van der Waals surface area contributed by atoms with E-state index in [1.807, 2.05) is 31.4 Å². The summed E-state index contributed by atoms with van der Waals surface area (Å²) in [5.41, 5.74) is 2.53. The van der Waals surface area contributed by atoms with Crippen molar-refractivity contribution in [2.75, 3.05) is 5.32 Å². The Morgan fingerprint density at radius 2 is 1.81 bits per heavy atom. The van der Waals surface area contributed by atoms with Crippen LogP contribution >= 0.6 is 34.8 Å². The normalized spacial score (nSPS) is 11.2. The lowest BCUT2D eigenvalue weighted by atomic mass is 10.2. The zero-order valence-electron chi connectivity index (χ0n) is 16.0. The van der Waals surface area contributed by atoms with Crippen LogP contribution in [0, 0.1) is 0 Å². The van der Waals surface area contributed by atoms with Crippen molar-refractivity contribution in [3.63, 3.8) is 0 Å². The number of hydrogen-bond acceptors (Lipinski definition) is 6. The fourth-order valence-electron chi connectivity index (χ4n) is 3.15. The second-order valence-electron chi connectivity index (χ2n) is 6.74. The number of benzene rings is 2. The molecule has 0 saturated carbocycles. The van der Waals surface area contributed by atoms with Crippen LogP contribution in [0.2, 0.25) is 15.2 Å². The van der Waals surface area contributed by atoms with E-state index in [9.17, 15) is 0 Å². The molecule has 0 aliphatic heterocycles. The van der Waals surface area contributed by atoms with Gasteiger partial charge < -0.3 is 10.1 Å². The first kappa shape index (κ1) is 19.8. The van der Waals surface area contributed by atoms with Crippen LogP contribution < -0.4 is 10.1 Å². The van der Waals surface area contributed by atoms with Crippen molar-refractivity contribution in [2.24, 2.45) is 7.05 Å². The molecule has 10 heteroatoms. The van der Waals surface area contributed by atoms with Crippen molar-refractivity contribution in [3.05, 3.63) is 70.2 Å². The molecule has 5 aromatic rings. The molecule has 0 atom stereocenters. The average molecular weight is 472 g/mol. The minimum atomic E-state index is 0.336. The fourth-order valence-corrected chi connectivity index (χ4v) is 3.70. The molecule has 5 rings (SSSR count). The molecule has 7 nitrogen and oxygen atoms in total. The first-order chi connectivity index (χ1) is 15.0. The Morgan fingerprint density at radius 3 is 2.68 bits per heavy atom. The standard InChI is InChI=1S/C21H13Cl3N6O/c1-30-9-11-2-3-12(6-16(11)29-30)31-18-8-13(22)17(7-14(18)23)27-21-20-15(25-10-26-21)4-5-19(24)28-20/h2-10H,1H3,(H,25,26,27). The van der Waals surface area contributed by atoms with Gasteiger partial charge in [-0.1, -0.05) is 34.8 Å². The van der Waals surface area contributed by atoms with Crippen LogP contribution in [0.15, 0.2) is 55.0 Å². The van der Waals surface area contributed by atoms with Gasteiger partial charge in [0.25, 0.3) is 0 Å². The number of aryl methyl sites for hydroxylation is 1. The molecule has 2 aromatic carbocycles. The highest BCUT2D eigenvalue weighted by Gasteiger charge is 2.13. The lowest BCUT2D eigenvalue weighted by Gasteiger charge is -2.13. The van der Waals surface area contributed by atoms with Gasteiger partial charge in [-0.25, -0.2) is 15.0 Å². The summed E-state index contributed by atoms with van der Waals surface area (Å²) in [6, 6.07) is 12.4. The Morgan fingerprint density at radius 1 is 0.935 bits per heavy atom. The van der Waals surface area contributed by atoms with E-state index in [0.717, 1.165) is 10.9 Å². The highest BCUT2D eigenvalue weighted by atomic mass is 35.5. The van der Waals surface area contributed by atoms with E-state index >= 15 is 0 Å². The summed E-state index contributed by atoms with van der Waals surface area (Å²) >= 11 is 19.0. The summed E-state index contributed by atoms with van der Waals surface area (Å²) in [6.07, 6.45) is 3.36. The fraction of sp³-hybridized carbons (Fsp3) is 0.0476. The zero-order valence-corrected chi connectivity index (χ0v) is 18.2. The van der Waals surface area contributed by atoms with E-state index in [2.05, 4.69) is 25.4 Å². The molecule has 31 heavy (non-hydrogen) atoms. The number of pyridine rings is 1. The Kier molecular flexibility index (Phi) is 5.02. The van der Waals surface area contributed by atoms with Gasteiger partial charge in [0.1, 0.15) is 28.5 Å². The average Bonchev–Trinajstić information content (AvgIpc) is 3.11. The lowest BCUT2D eigenvalue weighted by molar-refractivity contribution is 0.483. The third-order valence-corrected chi connectivity index (χ3v) is 5.36. The Labute approximate surface area is 191 Å². The number of halogens is 3. The van der Waals surface area contributed by atoms with E-state index < -0.39 is 0 Å². The van der Waals surface area contributed by atoms with Crippen molar-refractivity contribution >= 4 is 68.2 Å². The molecule has 154 valence electrons. The molecule has 1 N–H and O–H groups in total. The predicted octanol–water partition coefficient (Wildman–Crippen LogP) is 6.41. The molecule has 0 aliphatic rings. The van der Waals surface area contributed by atoms with Crippen molar-refractivity contribution in [3.8, 4) is 11.5 Å². The van der Waals surface area contributed by atoms with E-state index in [1.54, 1.807) is 28.9 Å². The maximum Gasteiger partial charge on any atom is 0.160 e. The first-order valence-electron chi connectivity index (χ1n) is 9.11. The van der Waals surface area contributed by atoms with Crippen LogP contribution in [0.4, 0.5) is 11.5 Å². The van der Waals surface area contributed by atoms with Gasteiger partial charge in [-0.15, -0.1) is 0 Å². The minimum absolute atomic E-state index is 0.336. The Hall–Kier alpha value is -3.13. The third kappa shape index (κ3) is 3.95. The molecule has 3 aromatic heterocycles. The molecule has 0 aliphatic carbocycles. The second-order valence-corrected chi connectivity index (χ2v) is 7.94. The molecule has 0 radical (unpaired) electrons. The lowest BCUT2D eigenvalue weighted by Crippen LogP contribution is -1.99. The number of fused-ring (bicyclic) bond motifs is 2. The SMILES string of the molecule is Cn1cc2ccc(Oc3cc(Cl)c(Nc4ncnc5ccc(Cl)nc45)cc3Cl)cc2n1. The summed E-state index contributed by atoms with van der Waals surface area (Å²) < 4.78 is 7.70. The number of aromatic nitrogens is 5. The van der Waals surface area contributed by atoms with Gasteiger partial charge in [0.05, 0.1) is 26.8 Å². The van der Waals surface area contributed by atoms with Gasteiger partial charge >= 0.3 is 0 Å². The smallest absolute Gasteiger partial charge is 0.160 e. The molecule has 0 amide bonds. The molecular formula is C21H13Cl3N6O. The highest BCUT2D eigenvalue weighted by molar-refractivity contribution is 6.36. The van der Waals surface area contributed by atoms with Gasteiger partial charge in [-0.2, -0.15) is 5.10 Å². The van der Waals surface area contributed by atoms with Crippen LogP contribution in [0.1, 0.15) is 0 Å². The summed E-state index contributed by atoms with van der Waals surface area (Å²) in [5, 5.41) is 9.65. The number of anilines is 2. The van der Waals surface area contributed by atoms with Crippen LogP contribution in [0.5, 0.6) is 11.5 Å². The number of rotatable bonds is 4. The maximum absolute atomic E-state index is 6.49. The molecular weight excluding hydrogens is 459 g/mol. The molecule has 0 fully saturated rings. The topological polar surface area (TPSA) is 77.8 Å². The first-order valence-corrected chi connectivity index (χ1v) is 10.2. The Balaban J connectivity index is 1.46. The summed E-state index contributed by atoms with van der Waals surface area (Å²) in [5.74, 6) is 1.48. The van der Waals surface area contributed by atoms with E-state index in [4.69, 9.17) is 39.5 Å². The highest BCUT2D eigenvalue weighted by Crippen LogP contribution is 2.38. The number of hydrogen-bond donors (Lipinski definition) is 1. The zero-order chi connectivity index (χ0) is 21.5. The van der Waals surface area contributed by atoms with Crippen molar-refractivity contribution in [2.45, 2.75) is 0 Å². The number of nitrogens with one attached hydrogen (secondary N) is 1. The van der Waals surface area contributed by atoms with E-state index in [1.165, 1.54) is 6.33 Å². The van der Waals surface area contributed by atoms with E-state index in [0.29, 0.717) is 49.2 Å². The van der Waals surface area contributed by atoms with Crippen molar-refractivity contribution in [1.29, 1.82) is 0 Å². The van der Waals surface area contributed by atoms with Gasteiger partial charge in [0.15, 0.2) is 5.82 Å². The third-order valence-electron chi connectivity index (χ3n) is 4.54. The molecule has 0 spiro atoms. The number of ether oxygens (including phenoxy) is 1.